The Balaban J connectivity index is 2.48. The number of nitrogens with one attached hydrogen (secondary N) is 1. The van der Waals surface area contributed by atoms with Crippen molar-refractivity contribution in [1.29, 1.82) is 0 Å². The molecule has 0 aliphatic rings. The van der Waals surface area contributed by atoms with E-state index in [2.05, 4.69) is 30.8 Å². The van der Waals surface area contributed by atoms with Crippen LogP contribution in [0.25, 0.3) is 5.95 Å². The van der Waals surface area contributed by atoms with Crippen LogP contribution in [0.3, 0.4) is 0 Å². The van der Waals surface area contributed by atoms with Gasteiger partial charge in [-0.25, -0.2) is 0 Å². The van der Waals surface area contributed by atoms with Crippen molar-refractivity contribution in [2.24, 2.45) is 0 Å². The number of hydrogen-bond acceptors (Lipinski definition) is 5. The Bertz CT molecular complexity index is 248. The van der Waals surface area contributed by atoms with E-state index in [1.807, 2.05) is 0 Å². The van der Waals surface area contributed by atoms with E-state index in [1.165, 1.54) is 12.7 Å². The van der Waals surface area contributed by atoms with Crippen LogP contribution in [-0.2, 0) is 0 Å². The van der Waals surface area contributed by atoms with Gasteiger partial charge in [0.2, 0.25) is 0 Å². The molecule has 0 radical (unpaired) electrons. The van der Waals surface area contributed by atoms with Gasteiger partial charge in [-0.2, -0.15) is 5.21 Å². The molecule has 0 spiro atoms. The molecule has 0 saturated carbocycles. The third-order valence-electron chi connectivity index (χ3n) is 0.984. The highest BCUT2D eigenvalue weighted by Gasteiger charge is 1.97. The van der Waals surface area contributed by atoms with E-state index in [1.54, 1.807) is 4.57 Å². The van der Waals surface area contributed by atoms with Crippen molar-refractivity contribution < 1.29 is 0 Å². The highest BCUT2D eigenvalue weighted by Crippen LogP contribution is 1.90. The molecule has 0 atom stereocenters. The van der Waals surface area contributed by atoms with Gasteiger partial charge in [0.25, 0.3) is 5.95 Å². The smallest absolute Gasteiger partial charge is 0.253 e. The van der Waals surface area contributed by atoms with Gasteiger partial charge in [-0.05, 0) is 5.21 Å². The molecule has 2 heterocycles. The Morgan fingerprint density at radius 3 is 2.70 bits per heavy atom. The van der Waals surface area contributed by atoms with Crippen LogP contribution < -0.4 is 0 Å². The molecule has 2 aromatic rings. The van der Waals surface area contributed by atoms with Crippen LogP contribution in [0.2, 0.25) is 0 Å². The van der Waals surface area contributed by atoms with E-state index < -0.39 is 0 Å². The van der Waals surface area contributed by atoms with Crippen molar-refractivity contribution in [1.82, 2.24) is 35.4 Å². The fourth-order valence-electron chi connectivity index (χ4n) is 0.570. The summed E-state index contributed by atoms with van der Waals surface area (Å²) in [6, 6.07) is 0. The Hall–Kier alpha value is -1.79. The molecule has 0 aromatic carbocycles. The van der Waals surface area contributed by atoms with E-state index >= 15 is 0 Å². The minimum Gasteiger partial charge on any atom is -0.253 e. The monoisotopic (exact) mass is 137 g/mol. The maximum atomic E-state index is 3.69. The number of hydrogen-bond donors (Lipinski definition) is 1. The van der Waals surface area contributed by atoms with Crippen molar-refractivity contribution in [3.05, 3.63) is 12.7 Å². The molecule has 0 bridgehead atoms. The second kappa shape index (κ2) is 1.87. The number of aromatic amines is 1. The molecule has 0 aliphatic carbocycles. The van der Waals surface area contributed by atoms with Gasteiger partial charge in [0, 0.05) is 0 Å². The van der Waals surface area contributed by atoms with Crippen LogP contribution in [0.5, 0.6) is 0 Å². The summed E-state index contributed by atoms with van der Waals surface area (Å²) in [5, 5.41) is 20.2. The Morgan fingerprint density at radius 2 is 2.10 bits per heavy atom. The topological polar surface area (TPSA) is 85.2 Å². The quantitative estimate of drug-likeness (QED) is 0.532. The number of nitrogens with zero attached hydrogens (tertiary/aromatic N) is 6. The summed E-state index contributed by atoms with van der Waals surface area (Å²) in [7, 11) is 0. The first-order valence-electron chi connectivity index (χ1n) is 2.55. The van der Waals surface area contributed by atoms with Crippen LogP contribution in [0.4, 0.5) is 0 Å². The van der Waals surface area contributed by atoms with Gasteiger partial charge >= 0.3 is 0 Å². The zero-order valence-corrected chi connectivity index (χ0v) is 4.84. The molecule has 0 aliphatic heterocycles. The molecular weight excluding hydrogens is 134 g/mol. The van der Waals surface area contributed by atoms with Crippen LogP contribution >= 0.6 is 0 Å². The van der Waals surface area contributed by atoms with Crippen LogP contribution in [0, 0.1) is 0 Å². The molecule has 2 rings (SSSR count). The Labute approximate surface area is 55.1 Å². The molecule has 50 valence electrons. The van der Waals surface area contributed by atoms with Crippen molar-refractivity contribution in [2.75, 3.05) is 0 Å². The van der Waals surface area contributed by atoms with E-state index in [9.17, 15) is 0 Å². The molecule has 7 heteroatoms. The molecule has 1 N–H and O–H groups in total. The summed E-state index contributed by atoms with van der Waals surface area (Å²) in [4.78, 5) is 0. The summed E-state index contributed by atoms with van der Waals surface area (Å²) in [6.45, 7) is 0. The lowest BCUT2D eigenvalue weighted by molar-refractivity contribution is 0.881. The first-order chi connectivity index (χ1) is 4.97. The third kappa shape index (κ3) is 0.642. The Kier molecular flexibility index (Phi) is 0.938. The fraction of sp³-hybridized carbons (Fsp3) is 0. The lowest BCUT2D eigenvalue weighted by atomic mass is 10.9. The van der Waals surface area contributed by atoms with Gasteiger partial charge in [0.1, 0.15) is 12.7 Å². The van der Waals surface area contributed by atoms with Gasteiger partial charge in [-0.3, -0.25) is 4.57 Å². The first kappa shape index (κ1) is 5.03. The standard InChI is InChI=1S/C3H3N7/c1-4-5-2-10(1)3-6-8-9-7-3/h1-2H,(H,6,7,8,9). The molecule has 10 heavy (non-hydrogen) atoms. The molecule has 0 fully saturated rings. The lowest BCUT2D eigenvalue weighted by Crippen LogP contribution is -1.92. The predicted octanol–water partition coefficient (Wildman–Crippen LogP) is -1.22. The number of aromatic nitrogens is 7. The normalized spacial score (nSPS) is 10.0. The van der Waals surface area contributed by atoms with E-state index in [0.717, 1.165) is 0 Å². The van der Waals surface area contributed by atoms with E-state index in [0.29, 0.717) is 5.95 Å². The zero-order chi connectivity index (χ0) is 6.81. The SMILES string of the molecule is c1nncn1-c1nn[nH]n1. The molecular formula is C3H3N7. The summed E-state index contributed by atoms with van der Waals surface area (Å²) in [6.07, 6.45) is 2.98. The van der Waals surface area contributed by atoms with Crippen LogP contribution in [0.15, 0.2) is 12.7 Å². The van der Waals surface area contributed by atoms with Gasteiger partial charge in [0.05, 0.1) is 0 Å². The van der Waals surface area contributed by atoms with Crippen molar-refractivity contribution in [3.8, 4) is 5.95 Å². The predicted molar refractivity (Wildman–Crippen MR) is 29.1 cm³/mol. The van der Waals surface area contributed by atoms with Gasteiger partial charge < -0.3 is 0 Å². The largest absolute Gasteiger partial charge is 0.276 e. The molecule has 7 nitrogen and oxygen atoms in total. The molecule has 0 unspecified atom stereocenters. The minimum atomic E-state index is 0.435. The number of H-pyrrole nitrogens is 1. The van der Waals surface area contributed by atoms with E-state index in [-0.39, 0.29) is 0 Å². The molecule has 0 amide bonds. The minimum absolute atomic E-state index is 0.435. The fourth-order valence-corrected chi connectivity index (χ4v) is 0.570. The summed E-state index contributed by atoms with van der Waals surface area (Å²) >= 11 is 0. The van der Waals surface area contributed by atoms with Gasteiger partial charge in [0.15, 0.2) is 0 Å². The number of rotatable bonds is 1. The first-order valence-corrected chi connectivity index (χ1v) is 2.55. The van der Waals surface area contributed by atoms with Crippen molar-refractivity contribution >= 4 is 0 Å². The van der Waals surface area contributed by atoms with Gasteiger partial charge in [-0.1, -0.05) is 5.10 Å². The van der Waals surface area contributed by atoms with Crippen molar-refractivity contribution in [3.63, 3.8) is 0 Å². The second-order valence-corrected chi connectivity index (χ2v) is 1.58. The maximum absolute atomic E-state index is 3.69. The third-order valence-corrected chi connectivity index (χ3v) is 0.984. The van der Waals surface area contributed by atoms with E-state index in [4.69, 9.17) is 0 Å². The summed E-state index contributed by atoms with van der Waals surface area (Å²) in [5.41, 5.74) is 0. The second-order valence-electron chi connectivity index (χ2n) is 1.58. The maximum Gasteiger partial charge on any atom is 0.276 e. The molecule has 0 saturated heterocycles. The average Bonchev–Trinajstić information content (AvgIpc) is 2.59. The summed E-state index contributed by atoms with van der Waals surface area (Å²) < 4.78 is 1.55. The number of tetrazole rings is 1. The Morgan fingerprint density at radius 1 is 1.30 bits per heavy atom. The highest BCUT2D eigenvalue weighted by atomic mass is 15.5. The highest BCUT2D eigenvalue weighted by molar-refractivity contribution is 5.01. The zero-order valence-electron chi connectivity index (χ0n) is 4.84. The van der Waals surface area contributed by atoms with Crippen molar-refractivity contribution in [2.45, 2.75) is 0 Å². The van der Waals surface area contributed by atoms with Crippen LogP contribution in [-0.4, -0.2) is 35.4 Å². The lowest BCUT2D eigenvalue weighted by Gasteiger charge is -1.85. The van der Waals surface area contributed by atoms with Crippen LogP contribution in [0.1, 0.15) is 0 Å². The van der Waals surface area contributed by atoms with Gasteiger partial charge in [-0.15, -0.1) is 15.3 Å². The average molecular weight is 137 g/mol. The molecule has 2 aromatic heterocycles. The summed E-state index contributed by atoms with van der Waals surface area (Å²) in [5.74, 6) is 0.435.